The highest BCUT2D eigenvalue weighted by Crippen LogP contribution is 2.25. The molecule has 5 nitrogen and oxygen atoms in total. The van der Waals surface area contributed by atoms with Crippen molar-refractivity contribution in [3.63, 3.8) is 0 Å². The lowest BCUT2D eigenvalue weighted by Gasteiger charge is -2.38. The lowest BCUT2D eigenvalue weighted by atomic mass is 10.1. The molecule has 1 saturated heterocycles. The Kier molecular flexibility index (Phi) is 3.81. The van der Waals surface area contributed by atoms with Gasteiger partial charge in [0, 0.05) is 25.5 Å². The first-order valence-corrected chi connectivity index (χ1v) is 6.19. The summed E-state index contributed by atoms with van der Waals surface area (Å²) in [6, 6.07) is 4.03. The maximum atomic E-state index is 7.86. The first-order valence-electron chi connectivity index (χ1n) is 6.19. The van der Waals surface area contributed by atoms with E-state index in [2.05, 4.69) is 10.3 Å². The Labute approximate surface area is 108 Å². The van der Waals surface area contributed by atoms with Gasteiger partial charge in [0.15, 0.2) is 5.96 Å². The minimum atomic E-state index is 0.00384. The molecule has 2 heterocycles. The second kappa shape index (κ2) is 5.35. The van der Waals surface area contributed by atoms with Crippen LogP contribution in [0.4, 0.5) is 0 Å². The van der Waals surface area contributed by atoms with E-state index in [9.17, 15) is 0 Å². The van der Waals surface area contributed by atoms with Gasteiger partial charge in [-0.3, -0.25) is 10.4 Å². The number of nitrogens with zero attached hydrogens (tertiary/aromatic N) is 2. The summed E-state index contributed by atoms with van der Waals surface area (Å²) < 4.78 is 5.96. The van der Waals surface area contributed by atoms with Gasteiger partial charge in [-0.05, 0) is 31.5 Å². The molecular weight excluding hydrogens is 228 g/mol. The van der Waals surface area contributed by atoms with Crippen LogP contribution >= 0.6 is 0 Å². The SMILES string of the molecule is CNC(=N)N1C[C@@H](C)O[C@@H](c2ccnc(C)c2)C1. The molecule has 2 N–H and O–H groups in total. The minimum absolute atomic E-state index is 0.00384. The number of ether oxygens (including phenoxy) is 1. The van der Waals surface area contributed by atoms with E-state index in [-0.39, 0.29) is 12.2 Å². The van der Waals surface area contributed by atoms with Crippen LogP contribution in [0.3, 0.4) is 0 Å². The first-order chi connectivity index (χ1) is 8.60. The monoisotopic (exact) mass is 248 g/mol. The van der Waals surface area contributed by atoms with Gasteiger partial charge in [0.2, 0.25) is 0 Å². The molecule has 0 amide bonds. The van der Waals surface area contributed by atoms with Gasteiger partial charge in [0.25, 0.3) is 0 Å². The Bertz CT molecular complexity index is 435. The van der Waals surface area contributed by atoms with Crippen LogP contribution in [0.25, 0.3) is 0 Å². The smallest absolute Gasteiger partial charge is 0.190 e. The molecule has 18 heavy (non-hydrogen) atoms. The Morgan fingerprint density at radius 3 is 3.00 bits per heavy atom. The van der Waals surface area contributed by atoms with Gasteiger partial charge in [-0.25, -0.2) is 0 Å². The lowest BCUT2D eigenvalue weighted by Crippen LogP contribution is -2.49. The molecule has 1 aliphatic rings. The summed E-state index contributed by atoms with van der Waals surface area (Å²) in [5, 5.41) is 10.7. The fourth-order valence-electron chi connectivity index (χ4n) is 2.24. The van der Waals surface area contributed by atoms with Crippen LogP contribution in [0, 0.1) is 12.3 Å². The predicted molar refractivity (Wildman–Crippen MR) is 70.6 cm³/mol. The Balaban J connectivity index is 2.15. The van der Waals surface area contributed by atoms with Gasteiger partial charge in [-0.1, -0.05) is 0 Å². The highest BCUT2D eigenvalue weighted by atomic mass is 16.5. The molecule has 0 bridgehead atoms. The molecule has 2 atom stereocenters. The number of aromatic nitrogens is 1. The number of nitrogens with one attached hydrogen (secondary N) is 2. The molecule has 1 aliphatic heterocycles. The van der Waals surface area contributed by atoms with Crippen LogP contribution < -0.4 is 5.32 Å². The standard InChI is InChI=1S/C13H20N4O/c1-9-6-11(4-5-16-9)12-8-17(13(14)15-3)7-10(2)18-12/h4-6,10,12H,7-8H2,1-3H3,(H2,14,15)/t10-,12-/m1/s1. The number of morpholine rings is 1. The molecular formula is C13H20N4O. The van der Waals surface area contributed by atoms with Crippen LogP contribution in [0.5, 0.6) is 0 Å². The quantitative estimate of drug-likeness (QED) is 0.581. The number of hydrogen-bond acceptors (Lipinski definition) is 3. The van der Waals surface area contributed by atoms with E-state index in [1.807, 2.05) is 30.9 Å². The molecule has 1 aromatic heterocycles. The fraction of sp³-hybridized carbons (Fsp3) is 0.538. The van der Waals surface area contributed by atoms with Crippen molar-refractivity contribution in [3.05, 3.63) is 29.6 Å². The van der Waals surface area contributed by atoms with E-state index in [1.54, 1.807) is 13.2 Å². The Morgan fingerprint density at radius 1 is 1.56 bits per heavy atom. The number of aryl methyl sites for hydroxylation is 1. The van der Waals surface area contributed by atoms with Crippen molar-refractivity contribution in [2.45, 2.75) is 26.1 Å². The van der Waals surface area contributed by atoms with Crippen LogP contribution in [-0.4, -0.2) is 42.1 Å². The predicted octanol–water partition coefficient (Wildman–Crippen LogP) is 1.31. The number of guanidine groups is 1. The third kappa shape index (κ3) is 2.79. The molecule has 1 aromatic rings. The van der Waals surface area contributed by atoms with Crippen molar-refractivity contribution in [3.8, 4) is 0 Å². The molecule has 1 fully saturated rings. The second-order valence-electron chi connectivity index (χ2n) is 4.67. The zero-order valence-corrected chi connectivity index (χ0v) is 11.1. The summed E-state index contributed by atoms with van der Waals surface area (Å²) in [5.41, 5.74) is 2.12. The third-order valence-electron chi connectivity index (χ3n) is 3.11. The number of pyridine rings is 1. The molecule has 0 aliphatic carbocycles. The second-order valence-corrected chi connectivity index (χ2v) is 4.67. The molecule has 98 valence electrons. The topological polar surface area (TPSA) is 61.2 Å². The van der Waals surface area contributed by atoms with E-state index in [4.69, 9.17) is 10.1 Å². The Morgan fingerprint density at radius 2 is 2.33 bits per heavy atom. The van der Waals surface area contributed by atoms with Crippen LogP contribution in [0.2, 0.25) is 0 Å². The average molecular weight is 248 g/mol. The van der Waals surface area contributed by atoms with E-state index in [0.717, 1.165) is 17.8 Å². The average Bonchev–Trinajstić information content (AvgIpc) is 2.37. The van der Waals surface area contributed by atoms with Crippen molar-refractivity contribution >= 4 is 5.96 Å². The van der Waals surface area contributed by atoms with Crippen LogP contribution in [0.15, 0.2) is 18.3 Å². The molecule has 0 spiro atoms. The van der Waals surface area contributed by atoms with Crippen molar-refractivity contribution < 1.29 is 4.74 Å². The fourth-order valence-corrected chi connectivity index (χ4v) is 2.24. The van der Waals surface area contributed by atoms with Gasteiger partial charge < -0.3 is 15.0 Å². The van der Waals surface area contributed by atoms with Crippen molar-refractivity contribution in [2.75, 3.05) is 20.1 Å². The minimum Gasteiger partial charge on any atom is -0.367 e. The molecule has 0 radical (unpaired) electrons. The van der Waals surface area contributed by atoms with Crippen molar-refractivity contribution in [2.24, 2.45) is 0 Å². The molecule has 2 rings (SSSR count). The lowest BCUT2D eigenvalue weighted by molar-refractivity contribution is -0.0606. The van der Waals surface area contributed by atoms with Crippen LogP contribution in [-0.2, 0) is 4.74 Å². The summed E-state index contributed by atoms with van der Waals surface area (Å²) in [6.45, 7) is 5.47. The third-order valence-corrected chi connectivity index (χ3v) is 3.11. The van der Waals surface area contributed by atoms with Crippen molar-refractivity contribution in [1.82, 2.24) is 15.2 Å². The zero-order chi connectivity index (χ0) is 13.1. The summed E-state index contributed by atoms with van der Waals surface area (Å²) in [6.07, 6.45) is 1.93. The van der Waals surface area contributed by atoms with E-state index in [0.29, 0.717) is 12.5 Å². The maximum Gasteiger partial charge on any atom is 0.190 e. The van der Waals surface area contributed by atoms with Gasteiger partial charge in [0.05, 0.1) is 12.6 Å². The molecule has 0 saturated carbocycles. The Hall–Kier alpha value is -1.62. The van der Waals surface area contributed by atoms with Gasteiger partial charge in [0.1, 0.15) is 6.10 Å². The highest BCUT2D eigenvalue weighted by Gasteiger charge is 2.27. The molecule has 0 unspecified atom stereocenters. The molecule has 5 heteroatoms. The summed E-state index contributed by atoms with van der Waals surface area (Å²) in [7, 11) is 1.77. The van der Waals surface area contributed by atoms with E-state index in [1.165, 1.54) is 0 Å². The largest absolute Gasteiger partial charge is 0.367 e. The maximum absolute atomic E-state index is 7.86. The van der Waals surface area contributed by atoms with E-state index >= 15 is 0 Å². The molecule has 0 aromatic carbocycles. The number of hydrogen-bond donors (Lipinski definition) is 2. The summed E-state index contributed by atoms with van der Waals surface area (Å²) in [4.78, 5) is 6.21. The van der Waals surface area contributed by atoms with Gasteiger partial charge >= 0.3 is 0 Å². The summed E-state index contributed by atoms with van der Waals surface area (Å²) >= 11 is 0. The van der Waals surface area contributed by atoms with E-state index < -0.39 is 0 Å². The number of rotatable bonds is 1. The van der Waals surface area contributed by atoms with Crippen LogP contribution in [0.1, 0.15) is 24.3 Å². The summed E-state index contributed by atoms with van der Waals surface area (Å²) in [5.74, 6) is 0.445. The van der Waals surface area contributed by atoms with Crippen molar-refractivity contribution in [1.29, 1.82) is 5.41 Å². The first kappa shape index (κ1) is 12.8. The highest BCUT2D eigenvalue weighted by molar-refractivity contribution is 5.76. The normalized spacial score (nSPS) is 23.8. The zero-order valence-electron chi connectivity index (χ0n) is 11.1. The van der Waals surface area contributed by atoms with Gasteiger partial charge in [-0.15, -0.1) is 0 Å². The van der Waals surface area contributed by atoms with Gasteiger partial charge in [-0.2, -0.15) is 0 Å².